The Morgan fingerprint density at radius 1 is 0.288 bits per heavy atom. The predicted octanol–water partition coefficient (Wildman–Crippen LogP) is 13.6. The summed E-state index contributed by atoms with van der Waals surface area (Å²) >= 11 is 0. The second kappa shape index (κ2) is 22.3. The van der Waals surface area contributed by atoms with Crippen molar-refractivity contribution in [3.63, 3.8) is 0 Å². The molecule has 0 aliphatic carbocycles. The lowest BCUT2D eigenvalue weighted by atomic mass is 9.70. The van der Waals surface area contributed by atoms with Crippen molar-refractivity contribution in [3.8, 4) is 23.7 Å². The zero-order valence-corrected chi connectivity index (χ0v) is 35.9. The van der Waals surface area contributed by atoms with Crippen molar-refractivity contribution in [2.24, 2.45) is 0 Å². The zero-order valence-electron chi connectivity index (χ0n) is 35.9. The fourth-order valence-corrected chi connectivity index (χ4v) is 7.73. The Bertz CT molecular complexity index is 2600. The van der Waals surface area contributed by atoms with Crippen molar-refractivity contribution >= 4 is 11.4 Å². The van der Waals surface area contributed by atoms with Crippen LogP contribution in [-0.2, 0) is 10.8 Å². The average Bonchev–Trinajstić information content (AvgIpc) is 3.40. The number of nitro groups is 2. The summed E-state index contributed by atoms with van der Waals surface area (Å²) < 4.78 is 0. The van der Waals surface area contributed by atoms with Gasteiger partial charge in [0.15, 0.2) is 0 Å². The first-order valence-electron chi connectivity index (χ1n) is 21.3. The maximum absolute atomic E-state index is 12.8. The summed E-state index contributed by atoms with van der Waals surface area (Å²) in [5.41, 5.74) is 1.97. The van der Waals surface area contributed by atoms with Gasteiger partial charge in [-0.3, -0.25) is 20.2 Å². The third-order valence-electron chi connectivity index (χ3n) is 10.9. The van der Waals surface area contributed by atoms with Crippen LogP contribution in [0.15, 0.2) is 267 Å². The van der Waals surface area contributed by atoms with Gasteiger partial charge in [0.25, 0.3) is 11.4 Å². The summed E-state index contributed by atoms with van der Waals surface area (Å²) in [6.45, 7) is 0. The highest BCUT2D eigenvalue weighted by atomic mass is 16.6. The lowest BCUT2D eigenvalue weighted by Gasteiger charge is -2.31. The summed E-state index contributed by atoms with van der Waals surface area (Å²) in [5.74, 6) is 12.9. The minimum atomic E-state index is -1.06. The molecule has 0 aliphatic heterocycles. The predicted molar refractivity (Wildman–Crippen MR) is 265 cm³/mol. The first-order chi connectivity index (χ1) is 32.4. The van der Waals surface area contributed by atoms with Gasteiger partial charge < -0.3 is 0 Å². The zero-order chi connectivity index (χ0) is 45.9. The molecule has 0 saturated carbocycles. The first-order valence-corrected chi connectivity index (χ1v) is 21.3. The Kier molecular flexibility index (Phi) is 15.2. The highest BCUT2D eigenvalue weighted by Crippen LogP contribution is 2.41. The van der Waals surface area contributed by atoms with Crippen LogP contribution in [-0.4, -0.2) is 9.85 Å². The number of nitro benzene ring substituents is 2. The molecule has 0 spiro atoms. The second-order valence-electron chi connectivity index (χ2n) is 14.9. The van der Waals surface area contributed by atoms with Crippen LogP contribution < -0.4 is 0 Å². The van der Waals surface area contributed by atoms with Crippen LogP contribution in [0.3, 0.4) is 0 Å². The number of benzene rings is 9. The standard InChI is InChI=1S/C48H32N2O4.2C6H6/c51-49(52)45-36-38(32-34-48(42-25-13-4-14-26-42,43-27-15-5-16-28-43)44-29-17-6-18-30-44)46(50(53)54)35-37(45)31-33-47(39-19-7-1-8-20-39,40-21-9-2-10-22-40)41-23-11-3-12-24-41;2*1-2-4-6-5-3-1/h1-30,35-36H;2*1-6H. The average molecular weight is 857 g/mol. The fourth-order valence-electron chi connectivity index (χ4n) is 7.73. The molecule has 318 valence electrons. The molecular weight excluding hydrogens is 813 g/mol. The number of rotatable bonds is 8. The van der Waals surface area contributed by atoms with E-state index in [4.69, 9.17) is 0 Å². The van der Waals surface area contributed by atoms with Crippen LogP contribution in [0.4, 0.5) is 11.4 Å². The quantitative estimate of drug-likeness (QED) is 0.0659. The van der Waals surface area contributed by atoms with Gasteiger partial charge in [0, 0.05) is 12.1 Å². The van der Waals surface area contributed by atoms with E-state index in [-0.39, 0.29) is 22.5 Å². The third kappa shape index (κ3) is 10.6. The molecular formula is C60H44N2O4. The van der Waals surface area contributed by atoms with E-state index in [0.717, 1.165) is 33.4 Å². The highest BCUT2D eigenvalue weighted by molar-refractivity contribution is 5.68. The van der Waals surface area contributed by atoms with Gasteiger partial charge in [-0.25, -0.2) is 0 Å². The molecule has 66 heavy (non-hydrogen) atoms. The third-order valence-corrected chi connectivity index (χ3v) is 10.9. The maximum atomic E-state index is 12.8. The van der Waals surface area contributed by atoms with Gasteiger partial charge in [-0.1, -0.05) is 278 Å². The van der Waals surface area contributed by atoms with Gasteiger partial charge >= 0.3 is 0 Å². The monoisotopic (exact) mass is 856 g/mol. The SMILES string of the molecule is O=[N+]([O-])c1cc(C#CC(c2ccccc2)(c2ccccc2)c2ccccc2)c([N+](=O)[O-])cc1C#CC(c1ccccc1)(c1ccccc1)c1ccccc1.c1ccccc1.c1ccccc1. The Labute approximate surface area is 385 Å². The molecule has 0 bridgehead atoms. The molecule has 0 amide bonds. The van der Waals surface area contributed by atoms with Crippen molar-refractivity contribution in [3.05, 3.63) is 332 Å². The molecule has 0 heterocycles. The smallest absolute Gasteiger partial charge is 0.258 e. The molecule has 0 fully saturated rings. The molecule has 0 aliphatic rings. The topological polar surface area (TPSA) is 86.3 Å². The largest absolute Gasteiger partial charge is 0.286 e. The van der Waals surface area contributed by atoms with E-state index in [9.17, 15) is 20.2 Å². The maximum Gasteiger partial charge on any atom is 0.286 e. The minimum absolute atomic E-state index is 0.0927. The number of hydrogen-bond donors (Lipinski definition) is 0. The van der Waals surface area contributed by atoms with Crippen LogP contribution in [0.1, 0.15) is 44.5 Å². The molecule has 6 nitrogen and oxygen atoms in total. The van der Waals surface area contributed by atoms with E-state index in [0.29, 0.717) is 0 Å². The van der Waals surface area contributed by atoms with E-state index in [1.165, 1.54) is 12.1 Å². The fraction of sp³-hybridized carbons (Fsp3) is 0.0333. The van der Waals surface area contributed by atoms with Gasteiger partial charge in [0.1, 0.15) is 22.0 Å². The normalized spacial score (nSPS) is 10.4. The second-order valence-corrected chi connectivity index (χ2v) is 14.9. The van der Waals surface area contributed by atoms with Crippen molar-refractivity contribution in [1.29, 1.82) is 0 Å². The molecule has 9 rings (SSSR count). The van der Waals surface area contributed by atoms with Crippen molar-refractivity contribution in [2.45, 2.75) is 10.8 Å². The molecule has 0 radical (unpaired) electrons. The van der Waals surface area contributed by atoms with E-state index < -0.39 is 20.7 Å². The van der Waals surface area contributed by atoms with Crippen molar-refractivity contribution in [2.75, 3.05) is 0 Å². The molecule has 0 atom stereocenters. The Morgan fingerprint density at radius 3 is 0.621 bits per heavy atom. The summed E-state index contributed by atoms with van der Waals surface area (Å²) in [5, 5.41) is 25.5. The van der Waals surface area contributed by atoms with E-state index >= 15 is 0 Å². The number of nitrogens with zero attached hydrogens (tertiary/aromatic N) is 2. The molecule has 0 N–H and O–H groups in total. The molecule has 9 aromatic rings. The molecule has 0 saturated heterocycles. The Hall–Kier alpha value is -9.10. The van der Waals surface area contributed by atoms with Gasteiger partial charge in [-0.15, -0.1) is 0 Å². The first kappa shape index (κ1) is 44.9. The van der Waals surface area contributed by atoms with Crippen LogP contribution in [0.25, 0.3) is 0 Å². The van der Waals surface area contributed by atoms with E-state index in [1.807, 2.05) is 255 Å². The van der Waals surface area contributed by atoms with Gasteiger partial charge in [-0.05, 0) is 33.4 Å². The molecule has 0 unspecified atom stereocenters. The molecule has 9 aromatic carbocycles. The van der Waals surface area contributed by atoms with Crippen molar-refractivity contribution < 1.29 is 9.85 Å². The summed E-state index contributed by atoms with van der Waals surface area (Å²) in [7, 11) is 0. The van der Waals surface area contributed by atoms with Crippen LogP contribution in [0.5, 0.6) is 0 Å². The summed E-state index contributed by atoms with van der Waals surface area (Å²) in [6, 6.07) is 84.3. The van der Waals surface area contributed by atoms with Crippen LogP contribution in [0, 0.1) is 43.9 Å². The summed E-state index contributed by atoms with van der Waals surface area (Å²) in [4.78, 5) is 24.4. The molecule has 0 aromatic heterocycles. The highest BCUT2D eigenvalue weighted by Gasteiger charge is 2.36. The van der Waals surface area contributed by atoms with Gasteiger partial charge in [0.2, 0.25) is 0 Å². The van der Waals surface area contributed by atoms with Crippen LogP contribution in [0.2, 0.25) is 0 Å². The van der Waals surface area contributed by atoms with Gasteiger partial charge in [-0.2, -0.15) is 0 Å². The lowest BCUT2D eigenvalue weighted by molar-refractivity contribution is -0.389. The van der Waals surface area contributed by atoms with Crippen LogP contribution >= 0.6 is 0 Å². The van der Waals surface area contributed by atoms with E-state index in [1.54, 1.807) is 0 Å². The van der Waals surface area contributed by atoms with Crippen molar-refractivity contribution in [1.82, 2.24) is 0 Å². The lowest BCUT2D eigenvalue weighted by Crippen LogP contribution is -2.27. The molecule has 6 heteroatoms. The minimum Gasteiger partial charge on any atom is -0.258 e. The van der Waals surface area contributed by atoms with E-state index in [2.05, 4.69) is 23.7 Å². The number of hydrogen-bond acceptors (Lipinski definition) is 4. The van der Waals surface area contributed by atoms with Gasteiger partial charge in [0.05, 0.1) is 9.85 Å². The Morgan fingerprint density at radius 2 is 0.455 bits per heavy atom. The summed E-state index contributed by atoms with van der Waals surface area (Å²) in [6.07, 6.45) is 0. The Balaban J connectivity index is 0.000000468.